The summed E-state index contributed by atoms with van der Waals surface area (Å²) in [6.07, 6.45) is 2.69. The number of halogens is 1. The van der Waals surface area contributed by atoms with Gasteiger partial charge in [0, 0.05) is 23.7 Å². The minimum atomic E-state index is 0.189. The van der Waals surface area contributed by atoms with Crippen molar-refractivity contribution in [2.75, 3.05) is 0 Å². The van der Waals surface area contributed by atoms with Crippen LogP contribution in [0, 0.1) is 12.8 Å². The molecule has 1 aromatic heterocycles. The second-order valence-corrected chi connectivity index (χ2v) is 4.29. The van der Waals surface area contributed by atoms with Crippen molar-refractivity contribution in [3.8, 4) is 0 Å². The number of nitrogens with zero attached hydrogens (tertiary/aromatic N) is 1. The van der Waals surface area contributed by atoms with Crippen molar-refractivity contribution in [3.63, 3.8) is 0 Å². The molecule has 0 aliphatic rings. The number of aromatic nitrogens is 1. The summed E-state index contributed by atoms with van der Waals surface area (Å²) < 4.78 is 0. The van der Waals surface area contributed by atoms with E-state index in [1.165, 1.54) is 5.56 Å². The molecule has 0 aliphatic carbocycles. The van der Waals surface area contributed by atoms with Gasteiger partial charge in [-0.25, -0.2) is 0 Å². The maximum atomic E-state index is 6.18. The molecule has 0 amide bonds. The zero-order valence-electron chi connectivity index (χ0n) is 8.42. The Hall–Kier alpha value is -0.560. The highest BCUT2D eigenvalue weighted by molar-refractivity contribution is 6.20. The van der Waals surface area contributed by atoms with Crippen LogP contribution in [0.3, 0.4) is 0 Å². The summed E-state index contributed by atoms with van der Waals surface area (Å²) in [6, 6.07) is 4.03. The summed E-state index contributed by atoms with van der Waals surface area (Å²) in [6.45, 7) is 6.35. The molecular weight excluding hydrogens is 182 g/mol. The first-order valence-electron chi connectivity index (χ1n) is 4.66. The van der Waals surface area contributed by atoms with Crippen LogP contribution < -0.4 is 0 Å². The number of alkyl halides is 1. The van der Waals surface area contributed by atoms with Gasteiger partial charge < -0.3 is 0 Å². The van der Waals surface area contributed by atoms with Gasteiger partial charge in [0.15, 0.2) is 0 Å². The van der Waals surface area contributed by atoms with Crippen molar-refractivity contribution in [1.29, 1.82) is 0 Å². The summed E-state index contributed by atoms with van der Waals surface area (Å²) >= 11 is 6.18. The second kappa shape index (κ2) is 4.61. The summed E-state index contributed by atoms with van der Waals surface area (Å²) in [5.41, 5.74) is 2.35. The molecule has 1 rings (SSSR count). The third-order valence-corrected chi connectivity index (χ3v) is 2.89. The van der Waals surface area contributed by atoms with E-state index >= 15 is 0 Å². The Morgan fingerprint density at radius 3 is 2.69 bits per heavy atom. The Morgan fingerprint density at radius 2 is 2.15 bits per heavy atom. The average molecular weight is 198 g/mol. The number of hydrogen-bond acceptors (Lipinski definition) is 1. The molecule has 0 saturated carbocycles. The average Bonchev–Trinajstić information content (AvgIpc) is 2.08. The standard InChI is InChI=1S/C11H16ClN/c1-8(2)10(12)7-11-9(3)5-4-6-13-11/h4-6,8,10H,7H2,1-3H3. The number of rotatable bonds is 3. The minimum Gasteiger partial charge on any atom is -0.261 e. The molecule has 0 bridgehead atoms. The van der Waals surface area contributed by atoms with E-state index in [9.17, 15) is 0 Å². The molecule has 0 aliphatic heterocycles. The van der Waals surface area contributed by atoms with Crippen molar-refractivity contribution < 1.29 is 0 Å². The van der Waals surface area contributed by atoms with Crippen molar-refractivity contribution in [2.24, 2.45) is 5.92 Å². The molecule has 72 valence electrons. The van der Waals surface area contributed by atoms with Gasteiger partial charge in [0.25, 0.3) is 0 Å². The van der Waals surface area contributed by atoms with Crippen molar-refractivity contribution >= 4 is 11.6 Å². The monoisotopic (exact) mass is 197 g/mol. The summed E-state index contributed by atoms with van der Waals surface area (Å²) in [7, 11) is 0. The van der Waals surface area contributed by atoms with Gasteiger partial charge >= 0.3 is 0 Å². The Kier molecular flexibility index (Phi) is 3.73. The van der Waals surface area contributed by atoms with Crippen LogP contribution in [0.15, 0.2) is 18.3 Å². The summed E-state index contributed by atoms with van der Waals surface area (Å²) in [5, 5.41) is 0.189. The molecule has 1 unspecified atom stereocenters. The first-order valence-corrected chi connectivity index (χ1v) is 5.09. The van der Waals surface area contributed by atoms with Crippen LogP contribution in [0.4, 0.5) is 0 Å². The van der Waals surface area contributed by atoms with Crippen LogP contribution in [-0.2, 0) is 6.42 Å². The fourth-order valence-electron chi connectivity index (χ4n) is 1.15. The van der Waals surface area contributed by atoms with E-state index in [4.69, 9.17) is 11.6 Å². The molecule has 0 spiro atoms. The molecule has 1 aromatic rings. The molecule has 1 heterocycles. The first kappa shape index (κ1) is 10.5. The van der Waals surface area contributed by atoms with Crippen LogP contribution in [-0.4, -0.2) is 10.4 Å². The topological polar surface area (TPSA) is 12.9 Å². The van der Waals surface area contributed by atoms with Crippen molar-refractivity contribution in [1.82, 2.24) is 4.98 Å². The van der Waals surface area contributed by atoms with Crippen LogP contribution in [0.2, 0.25) is 0 Å². The lowest BCUT2D eigenvalue weighted by Crippen LogP contribution is -2.12. The molecule has 2 heteroatoms. The van der Waals surface area contributed by atoms with E-state index in [-0.39, 0.29) is 5.38 Å². The summed E-state index contributed by atoms with van der Waals surface area (Å²) in [5.74, 6) is 0.503. The maximum absolute atomic E-state index is 6.18. The van der Waals surface area contributed by atoms with Crippen molar-refractivity contribution in [2.45, 2.75) is 32.6 Å². The molecule has 1 atom stereocenters. The minimum absolute atomic E-state index is 0.189. The van der Waals surface area contributed by atoms with Gasteiger partial charge in [-0.1, -0.05) is 19.9 Å². The van der Waals surface area contributed by atoms with E-state index in [0.29, 0.717) is 5.92 Å². The zero-order chi connectivity index (χ0) is 9.84. The molecule has 0 saturated heterocycles. The smallest absolute Gasteiger partial charge is 0.0447 e. The molecule has 0 N–H and O–H groups in total. The Morgan fingerprint density at radius 1 is 1.46 bits per heavy atom. The first-order chi connectivity index (χ1) is 6.11. The van der Waals surface area contributed by atoms with Crippen LogP contribution >= 0.6 is 11.6 Å². The quantitative estimate of drug-likeness (QED) is 0.679. The van der Waals surface area contributed by atoms with Gasteiger partial charge in [0.2, 0.25) is 0 Å². The highest BCUT2D eigenvalue weighted by Gasteiger charge is 2.12. The predicted molar refractivity (Wildman–Crippen MR) is 57.2 cm³/mol. The van der Waals surface area contributed by atoms with E-state index < -0.39 is 0 Å². The van der Waals surface area contributed by atoms with Gasteiger partial charge in [-0.3, -0.25) is 4.98 Å². The van der Waals surface area contributed by atoms with E-state index in [2.05, 4.69) is 31.8 Å². The largest absolute Gasteiger partial charge is 0.261 e. The molecule has 0 radical (unpaired) electrons. The lowest BCUT2D eigenvalue weighted by molar-refractivity contribution is 0.589. The maximum Gasteiger partial charge on any atom is 0.0447 e. The van der Waals surface area contributed by atoms with E-state index in [1.54, 1.807) is 0 Å². The van der Waals surface area contributed by atoms with E-state index in [0.717, 1.165) is 12.1 Å². The van der Waals surface area contributed by atoms with Gasteiger partial charge in [-0.05, 0) is 24.5 Å². The van der Waals surface area contributed by atoms with Crippen LogP contribution in [0.1, 0.15) is 25.1 Å². The van der Waals surface area contributed by atoms with Gasteiger partial charge in [0.1, 0.15) is 0 Å². The third-order valence-electron chi connectivity index (χ3n) is 2.23. The molecule has 0 aromatic carbocycles. The Labute approximate surface area is 85.1 Å². The van der Waals surface area contributed by atoms with E-state index in [1.807, 2.05) is 12.3 Å². The number of pyridine rings is 1. The second-order valence-electron chi connectivity index (χ2n) is 3.73. The van der Waals surface area contributed by atoms with Crippen LogP contribution in [0.5, 0.6) is 0 Å². The normalized spacial score (nSPS) is 13.3. The van der Waals surface area contributed by atoms with Crippen molar-refractivity contribution in [3.05, 3.63) is 29.6 Å². The Bertz CT molecular complexity index is 271. The highest BCUT2D eigenvalue weighted by atomic mass is 35.5. The molecular formula is C11H16ClN. The number of hydrogen-bond donors (Lipinski definition) is 0. The third kappa shape index (κ3) is 3.00. The van der Waals surface area contributed by atoms with Gasteiger partial charge in [-0.2, -0.15) is 0 Å². The summed E-state index contributed by atoms with van der Waals surface area (Å²) in [4.78, 5) is 4.32. The predicted octanol–water partition coefficient (Wildman–Crippen LogP) is 3.20. The SMILES string of the molecule is Cc1cccnc1CC(Cl)C(C)C. The van der Waals surface area contributed by atoms with Gasteiger partial charge in [-0.15, -0.1) is 11.6 Å². The number of aryl methyl sites for hydroxylation is 1. The fourth-order valence-corrected chi connectivity index (χ4v) is 1.30. The molecule has 13 heavy (non-hydrogen) atoms. The zero-order valence-corrected chi connectivity index (χ0v) is 9.17. The lowest BCUT2D eigenvalue weighted by Gasteiger charge is -2.13. The lowest BCUT2D eigenvalue weighted by atomic mass is 10.0. The highest BCUT2D eigenvalue weighted by Crippen LogP contribution is 2.16. The Balaban J connectivity index is 2.69. The molecule has 1 nitrogen and oxygen atoms in total. The van der Waals surface area contributed by atoms with Gasteiger partial charge in [0.05, 0.1) is 0 Å². The fraction of sp³-hybridized carbons (Fsp3) is 0.545. The molecule has 0 fully saturated rings. The van der Waals surface area contributed by atoms with Crippen LogP contribution in [0.25, 0.3) is 0 Å².